The van der Waals surface area contributed by atoms with Crippen molar-refractivity contribution in [1.29, 1.82) is 0 Å². The monoisotopic (exact) mass is 337 g/mol. The summed E-state index contributed by atoms with van der Waals surface area (Å²) in [6, 6.07) is 12.4. The molecule has 3 heterocycles. The Hall–Kier alpha value is -3.48. The summed E-state index contributed by atoms with van der Waals surface area (Å²) < 4.78 is 15.8. The van der Waals surface area contributed by atoms with Crippen molar-refractivity contribution < 1.29 is 18.7 Å². The summed E-state index contributed by atoms with van der Waals surface area (Å²) in [7, 11) is 0. The Morgan fingerprint density at radius 3 is 2.84 bits per heavy atom. The molecule has 1 amide bonds. The number of furan rings is 1. The molecular formula is C18H15N3O4. The molecule has 1 aliphatic rings. The number of amides is 1. The van der Waals surface area contributed by atoms with Gasteiger partial charge in [-0.15, -0.1) is 0 Å². The van der Waals surface area contributed by atoms with E-state index >= 15 is 0 Å². The number of carbonyl (C=O) groups excluding carboxylic acids is 1. The van der Waals surface area contributed by atoms with Gasteiger partial charge in [0.15, 0.2) is 11.5 Å². The van der Waals surface area contributed by atoms with E-state index in [4.69, 9.17) is 13.9 Å². The second-order valence-corrected chi connectivity index (χ2v) is 5.39. The molecule has 0 saturated carbocycles. The minimum absolute atomic E-state index is 0.177. The SMILES string of the molecule is O=C(Nc1ccc(NCc2ccco2)nc1)c1ccc2c(c1)OCO2. The van der Waals surface area contributed by atoms with Gasteiger partial charge >= 0.3 is 0 Å². The van der Waals surface area contributed by atoms with Gasteiger partial charge in [0.25, 0.3) is 5.91 Å². The highest BCUT2D eigenvalue weighted by molar-refractivity contribution is 6.04. The van der Waals surface area contributed by atoms with E-state index in [2.05, 4.69) is 15.6 Å². The third-order valence-corrected chi connectivity index (χ3v) is 3.68. The second kappa shape index (κ2) is 6.56. The Kier molecular flexibility index (Phi) is 3.96. The fraction of sp³-hybridized carbons (Fsp3) is 0.111. The molecule has 0 spiro atoms. The third kappa shape index (κ3) is 3.40. The van der Waals surface area contributed by atoms with Crippen LogP contribution in [0.1, 0.15) is 16.1 Å². The van der Waals surface area contributed by atoms with E-state index in [0.717, 1.165) is 5.76 Å². The van der Waals surface area contributed by atoms with Crippen molar-refractivity contribution in [3.8, 4) is 11.5 Å². The largest absolute Gasteiger partial charge is 0.467 e. The summed E-state index contributed by atoms with van der Waals surface area (Å²) >= 11 is 0. The number of rotatable bonds is 5. The van der Waals surface area contributed by atoms with Crippen molar-refractivity contribution in [3.05, 3.63) is 66.2 Å². The van der Waals surface area contributed by atoms with Crippen LogP contribution in [0.5, 0.6) is 11.5 Å². The first-order valence-electron chi connectivity index (χ1n) is 7.71. The maximum atomic E-state index is 12.3. The molecule has 0 aliphatic carbocycles. The number of carbonyl (C=O) groups is 1. The van der Waals surface area contributed by atoms with E-state index in [0.29, 0.717) is 35.1 Å². The molecule has 25 heavy (non-hydrogen) atoms. The Morgan fingerprint density at radius 2 is 2.04 bits per heavy atom. The molecule has 0 saturated heterocycles. The molecule has 7 nitrogen and oxygen atoms in total. The number of pyridine rings is 1. The molecule has 0 bridgehead atoms. The quantitative estimate of drug-likeness (QED) is 0.743. The number of fused-ring (bicyclic) bond motifs is 1. The van der Waals surface area contributed by atoms with Gasteiger partial charge in [-0.2, -0.15) is 0 Å². The molecule has 126 valence electrons. The highest BCUT2D eigenvalue weighted by Crippen LogP contribution is 2.32. The zero-order valence-corrected chi connectivity index (χ0v) is 13.2. The van der Waals surface area contributed by atoms with Gasteiger partial charge in [-0.1, -0.05) is 0 Å². The van der Waals surface area contributed by atoms with Gasteiger partial charge in [-0.3, -0.25) is 4.79 Å². The van der Waals surface area contributed by atoms with Crippen molar-refractivity contribution in [1.82, 2.24) is 4.98 Å². The van der Waals surface area contributed by atoms with Crippen molar-refractivity contribution in [3.63, 3.8) is 0 Å². The van der Waals surface area contributed by atoms with Crippen LogP contribution < -0.4 is 20.1 Å². The molecule has 0 unspecified atom stereocenters. The standard InChI is InChI=1S/C18H15N3O4/c22-18(12-3-5-15-16(8-12)25-11-24-15)21-13-4-6-17(19-9-13)20-10-14-2-1-7-23-14/h1-9H,10-11H2,(H,19,20)(H,21,22). The number of aromatic nitrogens is 1. The molecule has 0 atom stereocenters. The molecule has 7 heteroatoms. The maximum Gasteiger partial charge on any atom is 0.255 e. The third-order valence-electron chi connectivity index (χ3n) is 3.68. The van der Waals surface area contributed by atoms with E-state index in [1.807, 2.05) is 12.1 Å². The summed E-state index contributed by atoms with van der Waals surface area (Å²) in [5, 5.41) is 5.94. The van der Waals surface area contributed by atoms with Crippen LogP contribution in [0.4, 0.5) is 11.5 Å². The lowest BCUT2D eigenvalue weighted by Gasteiger charge is -2.07. The topological polar surface area (TPSA) is 85.6 Å². The summed E-state index contributed by atoms with van der Waals surface area (Å²) in [5.41, 5.74) is 1.09. The van der Waals surface area contributed by atoms with Crippen LogP contribution in [0.3, 0.4) is 0 Å². The smallest absolute Gasteiger partial charge is 0.255 e. The molecule has 1 aliphatic heterocycles. The number of nitrogens with one attached hydrogen (secondary N) is 2. The van der Waals surface area contributed by atoms with E-state index in [1.54, 1.807) is 42.8 Å². The van der Waals surface area contributed by atoms with E-state index in [1.165, 1.54) is 0 Å². The lowest BCUT2D eigenvalue weighted by Crippen LogP contribution is -2.12. The van der Waals surface area contributed by atoms with Crippen molar-refractivity contribution in [2.24, 2.45) is 0 Å². The van der Waals surface area contributed by atoms with Crippen LogP contribution in [-0.4, -0.2) is 17.7 Å². The van der Waals surface area contributed by atoms with Gasteiger partial charge in [-0.05, 0) is 42.5 Å². The van der Waals surface area contributed by atoms with Crippen molar-refractivity contribution in [2.75, 3.05) is 17.4 Å². The van der Waals surface area contributed by atoms with Crippen LogP contribution in [0.2, 0.25) is 0 Å². The Morgan fingerprint density at radius 1 is 1.12 bits per heavy atom. The molecule has 2 N–H and O–H groups in total. The summed E-state index contributed by atoms with van der Waals surface area (Å²) in [6.07, 6.45) is 3.22. The molecule has 0 radical (unpaired) electrons. The van der Waals surface area contributed by atoms with Crippen LogP contribution in [0, 0.1) is 0 Å². The molecule has 0 fully saturated rings. The van der Waals surface area contributed by atoms with Gasteiger partial charge in [-0.25, -0.2) is 4.98 Å². The van der Waals surface area contributed by atoms with Gasteiger partial charge in [0, 0.05) is 5.56 Å². The Bertz CT molecular complexity index is 876. The van der Waals surface area contributed by atoms with Crippen LogP contribution >= 0.6 is 0 Å². The number of anilines is 2. The van der Waals surface area contributed by atoms with Gasteiger partial charge < -0.3 is 24.5 Å². The zero-order chi connectivity index (χ0) is 17.1. The Labute approximate surface area is 143 Å². The summed E-state index contributed by atoms with van der Waals surface area (Å²) in [5.74, 6) is 2.49. The number of hydrogen-bond acceptors (Lipinski definition) is 6. The number of hydrogen-bond donors (Lipinski definition) is 2. The average molecular weight is 337 g/mol. The fourth-order valence-electron chi connectivity index (χ4n) is 2.40. The number of nitrogens with zero attached hydrogens (tertiary/aromatic N) is 1. The highest BCUT2D eigenvalue weighted by Gasteiger charge is 2.16. The van der Waals surface area contributed by atoms with Gasteiger partial charge in [0.05, 0.1) is 24.7 Å². The lowest BCUT2D eigenvalue weighted by molar-refractivity contribution is 0.102. The van der Waals surface area contributed by atoms with Crippen molar-refractivity contribution >= 4 is 17.4 Å². The molecule has 1 aromatic carbocycles. The fourth-order valence-corrected chi connectivity index (χ4v) is 2.40. The molecule has 2 aromatic heterocycles. The zero-order valence-electron chi connectivity index (χ0n) is 13.2. The normalized spacial score (nSPS) is 12.0. The van der Waals surface area contributed by atoms with E-state index in [-0.39, 0.29) is 12.7 Å². The summed E-state index contributed by atoms with van der Waals surface area (Å²) in [6.45, 7) is 0.722. The number of ether oxygens (including phenoxy) is 2. The maximum absolute atomic E-state index is 12.3. The predicted molar refractivity (Wildman–Crippen MR) is 90.8 cm³/mol. The van der Waals surface area contributed by atoms with Gasteiger partial charge in [0.1, 0.15) is 11.6 Å². The molecule has 4 rings (SSSR count). The Balaban J connectivity index is 1.38. The second-order valence-electron chi connectivity index (χ2n) is 5.39. The minimum atomic E-state index is -0.239. The lowest BCUT2D eigenvalue weighted by atomic mass is 10.2. The van der Waals surface area contributed by atoms with E-state index < -0.39 is 0 Å². The average Bonchev–Trinajstić information content (AvgIpc) is 3.32. The van der Waals surface area contributed by atoms with Crippen LogP contribution in [-0.2, 0) is 6.54 Å². The minimum Gasteiger partial charge on any atom is -0.467 e. The molecular weight excluding hydrogens is 322 g/mol. The van der Waals surface area contributed by atoms with E-state index in [9.17, 15) is 4.79 Å². The van der Waals surface area contributed by atoms with Crippen LogP contribution in [0.25, 0.3) is 0 Å². The first-order valence-corrected chi connectivity index (χ1v) is 7.71. The highest BCUT2D eigenvalue weighted by atomic mass is 16.7. The number of benzene rings is 1. The first kappa shape index (κ1) is 15.1. The van der Waals surface area contributed by atoms with Crippen LogP contribution in [0.15, 0.2) is 59.3 Å². The van der Waals surface area contributed by atoms with Gasteiger partial charge in [0.2, 0.25) is 6.79 Å². The first-order chi connectivity index (χ1) is 12.3. The summed E-state index contributed by atoms with van der Waals surface area (Å²) in [4.78, 5) is 16.6. The molecule has 3 aromatic rings. The predicted octanol–water partition coefficient (Wildman–Crippen LogP) is 3.27. The van der Waals surface area contributed by atoms with Crippen molar-refractivity contribution in [2.45, 2.75) is 6.54 Å².